The minimum atomic E-state index is -0.596. The summed E-state index contributed by atoms with van der Waals surface area (Å²) in [7, 11) is 0. The van der Waals surface area contributed by atoms with Crippen LogP contribution in [-0.2, 0) is 16.1 Å². The van der Waals surface area contributed by atoms with Crippen LogP contribution in [0.2, 0.25) is 0 Å². The van der Waals surface area contributed by atoms with Crippen LogP contribution in [0.4, 0.5) is 0 Å². The van der Waals surface area contributed by atoms with E-state index >= 15 is 0 Å². The van der Waals surface area contributed by atoms with Gasteiger partial charge < -0.3 is 4.42 Å². The molecule has 0 fully saturated rings. The fourth-order valence-corrected chi connectivity index (χ4v) is 1.25. The molecule has 0 unspecified atom stereocenters. The summed E-state index contributed by atoms with van der Waals surface area (Å²) in [6.45, 7) is 4.04. The standard InChI is InChI=1S/C12H18BrNO3/c1-12(2,13)11(15)14-17-9-4-3-6-10-7-5-8-16-10/h5,7-8H,3-4,6,9H2,1-2H3,(H,14,15). The molecule has 1 aromatic heterocycles. The maximum atomic E-state index is 11.4. The molecule has 5 heteroatoms. The maximum Gasteiger partial charge on any atom is 0.259 e. The molecule has 0 aliphatic carbocycles. The first-order chi connectivity index (χ1) is 8.00. The number of aryl methyl sites for hydroxylation is 1. The van der Waals surface area contributed by atoms with Crippen molar-refractivity contribution in [2.75, 3.05) is 6.61 Å². The highest BCUT2D eigenvalue weighted by Crippen LogP contribution is 2.15. The van der Waals surface area contributed by atoms with E-state index in [1.165, 1.54) is 0 Å². The fraction of sp³-hybridized carbons (Fsp3) is 0.583. The van der Waals surface area contributed by atoms with Crippen molar-refractivity contribution in [1.29, 1.82) is 0 Å². The van der Waals surface area contributed by atoms with Gasteiger partial charge in [-0.15, -0.1) is 0 Å². The summed E-state index contributed by atoms with van der Waals surface area (Å²) in [6.07, 6.45) is 4.42. The lowest BCUT2D eigenvalue weighted by molar-refractivity contribution is -0.135. The largest absolute Gasteiger partial charge is 0.469 e. The molecular weight excluding hydrogens is 286 g/mol. The Labute approximate surface area is 110 Å². The second-order valence-electron chi connectivity index (χ2n) is 4.29. The molecule has 1 aromatic rings. The van der Waals surface area contributed by atoms with Crippen molar-refractivity contribution in [3.05, 3.63) is 24.2 Å². The second kappa shape index (κ2) is 6.81. The number of hydrogen-bond acceptors (Lipinski definition) is 3. The van der Waals surface area contributed by atoms with Crippen molar-refractivity contribution >= 4 is 21.8 Å². The lowest BCUT2D eigenvalue weighted by Gasteiger charge is -2.15. The van der Waals surface area contributed by atoms with Gasteiger partial charge >= 0.3 is 0 Å². The zero-order chi connectivity index (χ0) is 12.7. The molecule has 1 amide bonds. The van der Waals surface area contributed by atoms with E-state index < -0.39 is 4.32 Å². The molecule has 4 nitrogen and oxygen atoms in total. The summed E-state index contributed by atoms with van der Waals surface area (Å²) < 4.78 is 4.61. The van der Waals surface area contributed by atoms with Gasteiger partial charge in [-0.05, 0) is 38.8 Å². The highest BCUT2D eigenvalue weighted by atomic mass is 79.9. The molecule has 0 aromatic carbocycles. The van der Waals surface area contributed by atoms with E-state index in [4.69, 9.17) is 9.25 Å². The maximum absolute atomic E-state index is 11.4. The van der Waals surface area contributed by atoms with Gasteiger partial charge in [0.15, 0.2) is 0 Å². The quantitative estimate of drug-likeness (QED) is 0.479. The van der Waals surface area contributed by atoms with Crippen molar-refractivity contribution in [1.82, 2.24) is 5.48 Å². The van der Waals surface area contributed by atoms with E-state index in [2.05, 4.69) is 21.4 Å². The van der Waals surface area contributed by atoms with Crippen LogP contribution in [0, 0.1) is 0 Å². The van der Waals surface area contributed by atoms with Gasteiger partial charge in [0, 0.05) is 6.42 Å². The molecule has 17 heavy (non-hydrogen) atoms. The summed E-state index contributed by atoms with van der Waals surface area (Å²) >= 11 is 3.25. The Morgan fingerprint density at radius 1 is 1.53 bits per heavy atom. The SMILES string of the molecule is CC(C)(Br)C(=O)NOCCCCc1ccco1. The lowest BCUT2D eigenvalue weighted by Crippen LogP contribution is -2.37. The number of carbonyl (C=O) groups excluding carboxylic acids is 1. The molecular formula is C12H18BrNO3. The van der Waals surface area contributed by atoms with Gasteiger partial charge in [-0.2, -0.15) is 0 Å². The van der Waals surface area contributed by atoms with Crippen LogP contribution in [0.5, 0.6) is 0 Å². The predicted molar refractivity (Wildman–Crippen MR) is 68.7 cm³/mol. The Kier molecular flexibility index (Phi) is 5.71. The Morgan fingerprint density at radius 2 is 2.29 bits per heavy atom. The van der Waals surface area contributed by atoms with Gasteiger partial charge in [-0.1, -0.05) is 15.9 Å². The van der Waals surface area contributed by atoms with Crippen molar-refractivity contribution in [3.8, 4) is 0 Å². The third-order valence-electron chi connectivity index (χ3n) is 2.20. The summed E-state index contributed by atoms with van der Waals surface area (Å²) in [4.78, 5) is 16.5. The van der Waals surface area contributed by atoms with Crippen LogP contribution >= 0.6 is 15.9 Å². The molecule has 1 rings (SSSR count). The normalized spacial score (nSPS) is 11.5. The summed E-state index contributed by atoms with van der Waals surface area (Å²) in [5.74, 6) is 0.805. The Hall–Kier alpha value is -0.810. The van der Waals surface area contributed by atoms with Gasteiger partial charge in [0.1, 0.15) is 10.1 Å². The molecule has 0 radical (unpaired) electrons. The van der Waals surface area contributed by atoms with E-state index in [1.807, 2.05) is 12.1 Å². The number of carbonyl (C=O) groups is 1. The molecule has 0 aliphatic rings. The minimum absolute atomic E-state index is 0.177. The number of unbranched alkanes of at least 4 members (excludes halogenated alkanes) is 1. The van der Waals surface area contributed by atoms with Crippen LogP contribution < -0.4 is 5.48 Å². The van der Waals surface area contributed by atoms with Crippen LogP contribution in [0.15, 0.2) is 22.8 Å². The molecule has 96 valence electrons. The van der Waals surface area contributed by atoms with E-state index in [-0.39, 0.29) is 5.91 Å². The first-order valence-corrected chi connectivity index (χ1v) is 6.43. The summed E-state index contributed by atoms with van der Waals surface area (Å²) in [5, 5.41) is 0. The number of alkyl halides is 1. The molecule has 1 N–H and O–H groups in total. The Bertz CT molecular complexity index is 330. The topological polar surface area (TPSA) is 51.5 Å². The number of halogens is 1. The van der Waals surface area contributed by atoms with Gasteiger partial charge in [0.05, 0.1) is 12.9 Å². The lowest BCUT2D eigenvalue weighted by atomic mass is 10.2. The zero-order valence-corrected chi connectivity index (χ0v) is 11.7. The molecule has 0 bridgehead atoms. The third-order valence-corrected chi connectivity index (χ3v) is 2.56. The number of furan rings is 1. The number of nitrogens with one attached hydrogen (secondary N) is 1. The highest BCUT2D eigenvalue weighted by Gasteiger charge is 2.23. The van der Waals surface area contributed by atoms with Crippen LogP contribution in [0.1, 0.15) is 32.4 Å². The summed E-state index contributed by atoms with van der Waals surface area (Å²) in [6, 6.07) is 3.83. The fourth-order valence-electron chi connectivity index (χ4n) is 1.17. The first-order valence-electron chi connectivity index (χ1n) is 5.63. The van der Waals surface area contributed by atoms with E-state index in [9.17, 15) is 4.79 Å². The van der Waals surface area contributed by atoms with Crippen molar-refractivity contribution < 1.29 is 14.0 Å². The number of amides is 1. The first kappa shape index (κ1) is 14.3. The average molecular weight is 304 g/mol. The van der Waals surface area contributed by atoms with Crippen molar-refractivity contribution in [2.24, 2.45) is 0 Å². The summed E-state index contributed by atoms with van der Waals surface area (Å²) in [5.41, 5.74) is 2.41. The third kappa shape index (κ3) is 5.89. The molecule has 0 aliphatic heterocycles. The number of hydrogen-bond donors (Lipinski definition) is 1. The Morgan fingerprint density at radius 3 is 2.88 bits per heavy atom. The number of rotatable bonds is 7. The molecule has 0 saturated carbocycles. The monoisotopic (exact) mass is 303 g/mol. The van der Waals surface area contributed by atoms with Gasteiger partial charge in [-0.3, -0.25) is 9.63 Å². The molecule has 0 atom stereocenters. The number of hydroxylamine groups is 1. The van der Waals surface area contributed by atoms with Gasteiger partial charge in [0.25, 0.3) is 5.91 Å². The molecule has 0 spiro atoms. The van der Waals surface area contributed by atoms with Gasteiger partial charge in [0.2, 0.25) is 0 Å². The van der Waals surface area contributed by atoms with E-state index in [0.717, 1.165) is 25.0 Å². The predicted octanol–water partition coefficient (Wildman–Crippen LogP) is 2.82. The van der Waals surface area contributed by atoms with Crippen molar-refractivity contribution in [3.63, 3.8) is 0 Å². The molecule has 0 saturated heterocycles. The average Bonchev–Trinajstić information content (AvgIpc) is 2.74. The van der Waals surface area contributed by atoms with E-state index in [0.29, 0.717) is 6.61 Å². The zero-order valence-electron chi connectivity index (χ0n) is 10.2. The molecule has 1 heterocycles. The van der Waals surface area contributed by atoms with Crippen LogP contribution in [0.3, 0.4) is 0 Å². The van der Waals surface area contributed by atoms with Crippen LogP contribution in [0.25, 0.3) is 0 Å². The van der Waals surface area contributed by atoms with Crippen molar-refractivity contribution in [2.45, 2.75) is 37.4 Å². The smallest absolute Gasteiger partial charge is 0.259 e. The second-order valence-corrected chi connectivity index (χ2v) is 6.27. The highest BCUT2D eigenvalue weighted by molar-refractivity contribution is 9.10. The minimum Gasteiger partial charge on any atom is -0.469 e. The Balaban J connectivity index is 2.00. The van der Waals surface area contributed by atoms with Crippen LogP contribution in [-0.4, -0.2) is 16.8 Å². The van der Waals surface area contributed by atoms with Gasteiger partial charge in [-0.25, -0.2) is 5.48 Å². The van der Waals surface area contributed by atoms with E-state index in [1.54, 1.807) is 20.1 Å².